The Morgan fingerprint density at radius 2 is 2.18 bits per heavy atom. The predicted molar refractivity (Wildman–Crippen MR) is 74.7 cm³/mol. The first-order valence-electron chi connectivity index (χ1n) is 6.39. The van der Waals surface area contributed by atoms with Crippen molar-refractivity contribution in [3.05, 3.63) is 52.8 Å². The zero-order valence-corrected chi connectivity index (χ0v) is 11.6. The van der Waals surface area contributed by atoms with E-state index in [1.807, 2.05) is 0 Å². The molecule has 3 aromatic heterocycles. The molecule has 2 N–H and O–H groups in total. The van der Waals surface area contributed by atoms with Gasteiger partial charge in [-0.25, -0.2) is 4.79 Å². The molecule has 0 aliphatic rings. The average Bonchev–Trinajstić information content (AvgIpc) is 3.18. The topological polar surface area (TPSA) is 121 Å². The molecular weight excluding hydrogens is 288 g/mol. The van der Waals surface area contributed by atoms with Crippen LogP contribution in [0.1, 0.15) is 16.3 Å². The number of carbonyl (C=O) groups is 1. The quantitative estimate of drug-likeness (QED) is 0.720. The zero-order valence-electron chi connectivity index (χ0n) is 11.6. The van der Waals surface area contributed by atoms with E-state index >= 15 is 0 Å². The van der Waals surface area contributed by atoms with E-state index in [-0.39, 0.29) is 18.3 Å². The van der Waals surface area contributed by atoms with Crippen molar-refractivity contribution in [2.45, 2.75) is 6.54 Å². The van der Waals surface area contributed by atoms with Gasteiger partial charge in [-0.15, -0.1) is 0 Å². The summed E-state index contributed by atoms with van der Waals surface area (Å²) in [6.45, 7) is 0.121. The summed E-state index contributed by atoms with van der Waals surface area (Å²) >= 11 is 0. The summed E-state index contributed by atoms with van der Waals surface area (Å²) in [5, 5.41) is 10.1. The predicted octanol–water partition coefficient (Wildman–Crippen LogP) is 0.420. The molecule has 0 aromatic carbocycles. The van der Waals surface area contributed by atoms with Crippen molar-refractivity contribution in [2.24, 2.45) is 0 Å². The van der Waals surface area contributed by atoms with Crippen molar-refractivity contribution in [3.8, 4) is 11.1 Å². The summed E-state index contributed by atoms with van der Waals surface area (Å²) in [6.07, 6.45) is 5.01. The highest BCUT2D eigenvalue weighted by atomic mass is 16.5. The number of H-pyrrole nitrogens is 2. The number of carbonyl (C=O) groups excluding carboxylic acids is 1. The first-order chi connectivity index (χ1) is 10.6. The molecule has 0 saturated heterocycles. The number of amides is 1. The van der Waals surface area contributed by atoms with Crippen molar-refractivity contribution in [1.82, 2.24) is 30.2 Å². The summed E-state index contributed by atoms with van der Waals surface area (Å²) in [4.78, 5) is 31.0. The third-order valence-electron chi connectivity index (χ3n) is 3.03. The van der Waals surface area contributed by atoms with E-state index in [2.05, 4.69) is 29.8 Å². The van der Waals surface area contributed by atoms with E-state index in [1.165, 1.54) is 4.90 Å². The van der Waals surface area contributed by atoms with Gasteiger partial charge in [0.15, 0.2) is 5.82 Å². The lowest BCUT2D eigenvalue weighted by Gasteiger charge is -2.14. The molecule has 1 amide bonds. The molecule has 3 rings (SSSR count). The maximum Gasteiger partial charge on any atom is 0.438 e. The van der Waals surface area contributed by atoms with Crippen LogP contribution in [0.15, 0.2) is 40.0 Å². The van der Waals surface area contributed by atoms with Crippen LogP contribution >= 0.6 is 0 Å². The van der Waals surface area contributed by atoms with Crippen LogP contribution in [0.25, 0.3) is 11.1 Å². The molecule has 0 aliphatic carbocycles. The van der Waals surface area contributed by atoms with Gasteiger partial charge in [0.2, 0.25) is 0 Å². The Morgan fingerprint density at radius 3 is 2.77 bits per heavy atom. The second kappa shape index (κ2) is 5.64. The lowest BCUT2D eigenvalue weighted by Crippen LogP contribution is -2.27. The third kappa shape index (κ3) is 2.77. The fraction of sp³-hybridized carbons (Fsp3) is 0.154. The minimum atomic E-state index is -0.654. The van der Waals surface area contributed by atoms with E-state index in [0.29, 0.717) is 5.69 Å². The number of pyridine rings is 1. The molecule has 0 saturated carbocycles. The largest absolute Gasteiger partial charge is 0.438 e. The van der Waals surface area contributed by atoms with Crippen molar-refractivity contribution >= 4 is 5.91 Å². The number of aromatic amines is 2. The molecule has 3 heterocycles. The van der Waals surface area contributed by atoms with Gasteiger partial charge in [-0.1, -0.05) is 11.2 Å². The zero-order chi connectivity index (χ0) is 15.5. The van der Waals surface area contributed by atoms with Gasteiger partial charge in [-0.05, 0) is 6.07 Å². The van der Waals surface area contributed by atoms with Crippen LogP contribution in [0.3, 0.4) is 0 Å². The first-order valence-corrected chi connectivity index (χ1v) is 6.39. The molecule has 9 heteroatoms. The van der Waals surface area contributed by atoms with Gasteiger partial charge in [0.1, 0.15) is 5.69 Å². The Balaban J connectivity index is 1.73. The molecule has 0 fully saturated rings. The normalized spacial score (nSPS) is 10.6. The summed E-state index contributed by atoms with van der Waals surface area (Å²) in [5.41, 5.74) is 2.04. The van der Waals surface area contributed by atoms with E-state index < -0.39 is 5.76 Å². The number of hydrogen-bond donors (Lipinski definition) is 2. The Bertz CT molecular complexity index is 818. The van der Waals surface area contributed by atoms with Crippen molar-refractivity contribution in [3.63, 3.8) is 0 Å². The van der Waals surface area contributed by atoms with Gasteiger partial charge in [-0.2, -0.15) is 5.10 Å². The van der Waals surface area contributed by atoms with Crippen molar-refractivity contribution in [2.75, 3.05) is 7.05 Å². The van der Waals surface area contributed by atoms with Gasteiger partial charge in [0.25, 0.3) is 5.91 Å². The third-order valence-corrected chi connectivity index (χ3v) is 3.03. The number of hydrogen-bond acceptors (Lipinski definition) is 6. The standard InChI is InChI=1S/C13H12N6O3/c1-19(7-11-17-13(21)22-18-11)12(20)10-3-2-8(4-14-10)9-5-15-16-6-9/h2-6H,7H2,1H3,(H,15,16)(H,17,18,21). The Labute approximate surface area is 124 Å². The Kier molecular flexibility index (Phi) is 3.52. The molecule has 0 aliphatic heterocycles. The van der Waals surface area contributed by atoms with Crippen molar-refractivity contribution in [1.29, 1.82) is 0 Å². The average molecular weight is 300 g/mol. The molecule has 0 atom stereocenters. The number of nitrogens with one attached hydrogen (secondary N) is 2. The lowest BCUT2D eigenvalue weighted by molar-refractivity contribution is 0.0775. The van der Waals surface area contributed by atoms with Gasteiger partial charge >= 0.3 is 5.76 Å². The van der Waals surface area contributed by atoms with E-state index in [1.54, 1.807) is 37.8 Å². The van der Waals surface area contributed by atoms with Crippen LogP contribution in [0.2, 0.25) is 0 Å². The van der Waals surface area contributed by atoms with Crippen LogP contribution in [-0.4, -0.2) is 43.2 Å². The minimum Gasteiger partial charge on any atom is -0.333 e. The van der Waals surface area contributed by atoms with E-state index in [9.17, 15) is 9.59 Å². The molecular formula is C13H12N6O3. The second-order valence-electron chi connectivity index (χ2n) is 4.62. The molecule has 22 heavy (non-hydrogen) atoms. The molecule has 9 nitrogen and oxygen atoms in total. The monoisotopic (exact) mass is 300 g/mol. The van der Waals surface area contributed by atoms with E-state index in [4.69, 9.17) is 0 Å². The number of aromatic nitrogens is 5. The molecule has 0 bridgehead atoms. The number of rotatable bonds is 4. The Morgan fingerprint density at radius 1 is 1.32 bits per heavy atom. The van der Waals surface area contributed by atoms with Gasteiger partial charge in [0.05, 0.1) is 12.7 Å². The summed E-state index contributed by atoms with van der Waals surface area (Å²) in [5.74, 6) is -0.670. The van der Waals surface area contributed by atoms with Crippen LogP contribution in [0, 0.1) is 0 Å². The van der Waals surface area contributed by atoms with Gasteiger partial charge in [0, 0.05) is 30.6 Å². The highest BCUT2D eigenvalue weighted by molar-refractivity contribution is 5.92. The maximum atomic E-state index is 12.2. The Hall–Kier alpha value is -3.23. The fourth-order valence-electron chi connectivity index (χ4n) is 1.92. The SMILES string of the molecule is CN(Cc1noc(=O)[nH]1)C(=O)c1ccc(-c2cn[nH]c2)cn1. The lowest BCUT2D eigenvalue weighted by atomic mass is 10.1. The van der Waals surface area contributed by atoms with Gasteiger partial charge < -0.3 is 4.90 Å². The fourth-order valence-corrected chi connectivity index (χ4v) is 1.92. The van der Waals surface area contributed by atoms with Crippen LogP contribution in [0.5, 0.6) is 0 Å². The molecule has 0 unspecified atom stereocenters. The molecule has 112 valence electrons. The molecule has 3 aromatic rings. The summed E-state index contributed by atoms with van der Waals surface area (Å²) in [6, 6.07) is 3.42. The smallest absolute Gasteiger partial charge is 0.333 e. The van der Waals surface area contributed by atoms with Crippen molar-refractivity contribution < 1.29 is 9.32 Å². The van der Waals surface area contributed by atoms with E-state index in [0.717, 1.165) is 11.1 Å². The van der Waals surface area contributed by atoms with Crippen LogP contribution < -0.4 is 5.76 Å². The minimum absolute atomic E-state index is 0.121. The summed E-state index contributed by atoms with van der Waals surface area (Å²) < 4.78 is 4.38. The molecule has 0 radical (unpaired) electrons. The van der Waals surface area contributed by atoms with Crippen LogP contribution in [-0.2, 0) is 6.54 Å². The molecule has 0 spiro atoms. The summed E-state index contributed by atoms with van der Waals surface area (Å²) in [7, 11) is 1.58. The first kappa shape index (κ1) is 13.7. The highest BCUT2D eigenvalue weighted by Crippen LogP contribution is 2.16. The second-order valence-corrected chi connectivity index (χ2v) is 4.62. The van der Waals surface area contributed by atoms with Crippen LogP contribution in [0.4, 0.5) is 0 Å². The van der Waals surface area contributed by atoms with Gasteiger partial charge in [-0.3, -0.25) is 24.4 Å². The number of nitrogens with zero attached hydrogens (tertiary/aromatic N) is 4. The highest BCUT2D eigenvalue weighted by Gasteiger charge is 2.15. The maximum absolute atomic E-state index is 12.2.